The summed E-state index contributed by atoms with van der Waals surface area (Å²) in [7, 11) is 0. The number of hydrogen-bond acceptors (Lipinski definition) is 6. The van der Waals surface area contributed by atoms with Crippen molar-refractivity contribution in [2.45, 2.75) is 25.9 Å². The zero-order valence-corrected chi connectivity index (χ0v) is 18.1. The summed E-state index contributed by atoms with van der Waals surface area (Å²) in [6.45, 7) is 7.79. The summed E-state index contributed by atoms with van der Waals surface area (Å²) in [5.41, 5.74) is 1.46. The SMILES string of the molecule is CC(C)(CNC(=O)Cn1cnc2scc(-c3ccccc3)c2c1=O)N1CCOCC1. The van der Waals surface area contributed by atoms with Gasteiger partial charge in [-0.25, -0.2) is 4.98 Å². The Morgan fingerprint density at radius 1 is 1.23 bits per heavy atom. The second-order valence-corrected chi connectivity index (χ2v) is 8.92. The lowest BCUT2D eigenvalue weighted by molar-refractivity contribution is -0.122. The van der Waals surface area contributed by atoms with E-state index >= 15 is 0 Å². The number of benzene rings is 1. The first kappa shape index (κ1) is 20.7. The van der Waals surface area contributed by atoms with E-state index in [0.717, 1.165) is 24.2 Å². The van der Waals surface area contributed by atoms with E-state index in [-0.39, 0.29) is 23.6 Å². The highest BCUT2D eigenvalue weighted by molar-refractivity contribution is 7.17. The number of aromatic nitrogens is 2. The first-order valence-corrected chi connectivity index (χ1v) is 11.0. The highest BCUT2D eigenvalue weighted by atomic mass is 32.1. The summed E-state index contributed by atoms with van der Waals surface area (Å²) >= 11 is 1.44. The summed E-state index contributed by atoms with van der Waals surface area (Å²) < 4.78 is 6.80. The highest BCUT2D eigenvalue weighted by Gasteiger charge is 2.28. The van der Waals surface area contributed by atoms with Crippen LogP contribution in [0, 0.1) is 0 Å². The summed E-state index contributed by atoms with van der Waals surface area (Å²) in [5, 5.41) is 5.49. The van der Waals surface area contributed by atoms with Gasteiger partial charge < -0.3 is 10.1 Å². The van der Waals surface area contributed by atoms with Gasteiger partial charge in [0, 0.05) is 36.1 Å². The van der Waals surface area contributed by atoms with E-state index in [1.54, 1.807) is 0 Å². The molecule has 1 aliphatic rings. The summed E-state index contributed by atoms with van der Waals surface area (Å²) in [5.74, 6) is -0.198. The van der Waals surface area contributed by atoms with Crippen molar-refractivity contribution in [1.82, 2.24) is 19.8 Å². The fourth-order valence-corrected chi connectivity index (χ4v) is 4.62. The number of thiophene rings is 1. The zero-order valence-electron chi connectivity index (χ0n) is 17.3. The minimum Gasteiger partial charge on any atom is -0.379 e. The van der Waals surface area contributed by atoms with Crippen molar-refractivity contribution < 1.29 is 9.53 Å². The fourth-order valence-electron chi connectivity index (χ4n) is 3.72. The number of carbonyl (C=O) groups is 1. The number of ether oxygens (including phenoxy) is 1. The quantitative estimate of drug-likeness (QED) is 0.655. The first-order chi connectivity index (χ1) is 14.5. The third-order valence-corrected chi connectivity index (χ3v) is 6.43. The molecule has 1 aromatic carbocycles. The van der Waals surface area contributed by atoms with Crippen molar-refractivity contribution in [2.24, 2.45) is 0 Å². The van der Waals surface area contributed by atoms with Gasteiger partial charge >= 0.3 is 0 Å². The van der Waals surface area contributed by atoms with Crippen LogP contribution in [0.25, 0.3) is 21.3 Å². The van der Waals surface area contributed by atoms with Crippen LogP contribution in [0.15, 0.2) is 46.8 Å². The monoisotopic (exact) mass is 426 g/mol. The molecule has 0 bridgehead atoms. The molecule has 0 unspecified atom stereocenters. The van der Waals surface area contributed by atoms with Crippen molar-refractivity contribution in [3.8, 4) is 11.1 Å². The number of morpholine rings is 1. The Labute approximate surface area is 179 Å². The topological polar surface area (TPSA) is 76.5 Å². The average molecular weight is 427 g/mol. The maximum absolute atomic E-state index is 13.1. The van der Waals surface area contributed by atoms with Crippen LogP contribution in [0.1, 0.15) is 13.8 Å². The molecule has 1 saturated heterocycles. The van der Waals surface area contributed by atoms with Gasteiger partial charge in [-0.3, -0.25) is 19.1 Å². The van der Waals surface area contributed by atoms with E-state index in [2.05, 4.69) is 29.0 Å². The molecule has 7 nitrogen and oxygen atoms in total. The second kappa shape index (κ2) is 8.67. The number of fused-ring (bicyclic) bond motifs is 1. The van der Waals surface area contributed by atoms with Crippen LogP contribution in [0.5, 0.6) is 0 Å². The molecule has 30 heavy (non-hydrogen) atoms. The Bertz CT molecular complexity index is 1080. The number of rotatable bonds is 6. The van der Waals surface area contributed by atoms with E-state index in [0.29, 0.717) is 30.0 Å². The molecule has 3 heterocycles. The van der Waals surface area contributed by atoms with Crippen LogP contribution in [0.2, 0.25) is 0 Å². The van der Waals surface area contributed by atoms with Gasteiger partial charge in [0.05, 0.1) is 24.9 Å². The van der Waals surface area contributed by atoms with Gasteiger partial charge in [-0.1, -0.05) is 30.3 Å². The normalized spacial score (nSPS) is 15.4. The van der Waals surface area contributed by atoms with Gasteiger partial charge in [0.15, 0.2) is 0 Å². The number of hydrogen-bond donors (Lipinski definition) is 1. The van der Waals surface area contributed by atoms with Crippen LogP contribution >= 0.6 is 11.3 Å². The second-order valence-electron chi connectivity index (χ2n) is 8.06. The standard InChI is InChI=1S/C22H26N4O3S/c1-22(2,26-8-10-29-11-9-26)14-23-18(27)12-25-15-24-20-19(21(25)28)17(13-30-20)16-6-4-3-5-7-16/h3-7,13,15H,8-12,14H2,1-2H3,(H,23,27). The molecule has 1 amide bonds. The van der Waals surface area contributed by atoms with Crippen molar-refractivity contribution in [3.05, 3.63) is 52.4 Å². The predicted molar refractivity (Wildman–Crippen MR) is 119 cm³/mol. The Kier molecular flexibility index (Phi) is 5.99. The molecule has 0 atom stereocenters. The van der Waals surface area contributed by atoms with Crippen molar-refractivity contribution in [2.75, 3.05) is 32.8 Å². The minimum absolute atomic E-state index is 0.0506. The predicted octanol–water partition coefficient (Wildman–Crippen LogP) is 2.35. The summed E-state index contributed by atoms with van der Waals surface area (Å²) in [6, 6.07) is 9.77. The van der Waals surface area contributed by atoms with Crippen molar-refractivity contribution in [1.29, 1.82) is 0 Å². The molecular formula is C22H26N4O3S. The van der Waals surface area contributed by atoms with Gasteiger partial charge in [-0.15, -0.1) is 11.3 Å². The molecule has 4 rings (SSSR count). The third kappa shape index (κ3) is 4.30. The molecule has 1 N–H and O–H groups in total. The van der Waals surface area contributed by atoms with Gasteiger partial charge in [-0.05, 0) is 19.4 Å². The lowest BCUT2D eigenvalue weighted by Crippen LogP contribution is -2.55. The number of nitrogens with one attached hydrogen (secondary N) is 1. The smallest absolute Gasteiger partial charge is 0.263 e. The van der Waals surface area contributed by atoms with E-state index in [4.69, 9.17) is 4.74 Å². The van der Waals surface area contributed by atoms with Gasteiger partial charge in [-0.2, -0.15) is 0 Å². The van der Waals surface area contributed by atoms with E-state index in [9.17, 15) is 9.59 Å². The van der Waals surface area contributed by atoms with Crippen LogP contribution in [-0.4, -0.2) is 58.7 Å². The largest absolute Gasteiger partial charge is 0.379 e. The third-order valence-electron chi connectivity index (χ3n) is 5.54. The molecule has 0 aliphatic carbocycles. The molecule has 2 aromatic heterocycles. The van der Waals surface area contributed by atoms with Crippen LogP contribution < -0.4 is 10.9 Å². The number of amides is 1. The number of carbonyl (C=O) groups excluding carboxylic acids is 1. The number of nitrogens with zero attached hydrogens (tertiary/aromatic N) is 3. The molecule has 0 saturated carbocycles. The first-order valence-electron chi connectivity index (χ1n) is 10.1. The van der Waals surface area contributed by atoms with Crippen molar-refractivity contribution in [3.63, 3.8) is 0 Å². The molecule has 1 aliphatic heterocycles. The maximum Gasteiger partial charge on any atom is 0.263 e. The lowest BCUT2D eigenvalue weighted by atomic mass is 10.0. The van der Waals surface area contributed by atoms with E-state index < -0.39 is 0 Å². The molecule has 0 radical (unpaired) electrons. The Morgan fingerprint density at radius 3 is 2.70 bits per heavy atom. The molecule has 158 valence electrons. The van der Waals surface area contributed by atoms with E-state index in [1.165, 1.54) is 22.2 Å². The van der Waals surface area contributed by atoms with Gasteiger partial charge in [0.1, 0.15) is 11.4 Å². The van der Waals surface area contributed by atoms with Gasteiger partial charge in [0.25, 0.3) is 5.56 Å². The summed E-state index contributed by atoms with van der Waals surface area (Å²) in [6.07, 6.45) is 1.46. The van der Waals surface area contributed by atoms with E-state index in [1.807, 2.05) is 35.7 Å². The molecular weight excluding hydrogens is 400 g/mol. The Hall–Kier alpha value is -2.55. The van der Waals surface area contributed by atoms with Crippen LogP contribution in [0.4, 0.5) is 0 Å². The highest BCUT2D eigenvalue weighted by Crippen LogP contribution is 2.30. The Balaban J connectivity index is 1.49. The fraction of sp³-hybridized carbons (Fsp3) is 0.409. The molecule has 8 heteroatoms. The van der Waals surface area contributed by atoms with Crippen LogP contribution in [-0.2, 0) is 16.1 Å². The molecule has 3 aromatic rings. The zero-order chi connectivity index (χ0) is 21.1. The van der Waals surface area contributed by atoms with Crippen LogP contribution in [0.3, 0.4) is 0 Å². The molecule has 1 fully saturated rings. The average Bonchev–Trinajstić information content (AvgIpc) is 3.21. The minimum atomic E-state index is -0.198. The Morgan fingerprint density at radius 2 is 1.97 bits per heavy atom. The lowest BCUT2D eigenvalue weighted by Gasteiger charge is -2.40. The van der Waals surface area contributed by atoms with Crippen molar-refractivity contribution >= 4 is 27.5 Å². The summed E-state index contributed by atoms with van der Waals surface area (Å²) in [4.78, 5) is 33.1. The van der Waals surface area contributed by atoms with Gasteiger partial charge in [0.2, 0.25) is 5.91 Å². The maximum atomic E-state index is 13.1. The molecule has 0 spiro atoms.